The Balaban J connectivity index is 1.41. The fourth-order valence-corrected chi connectivity index (χ4v) is 3.52. The Kier molecular flexibility index (Phi) is 4.80. The molecular formula is C25H19N3O3. The molecule has 152 valence electrons. The van der Waals surface area contributed by atoms with E-state index in [2.05, 4.69) is 9.97 Å². The number of rotatable bonds is 6. The van der Waals surface area contributed by atoms with E-state index in [1.807, 2.05) is 73.7 Å². The smallest absolute Gasteiger partial charge is 0.168 e. The molecule has 0 N–H and O–H groups in total. The third kappa shape index (κ3) is 3.71. The van der Waals surface area contributed by atoms with E-state index in [1.165, 1.54) is 0 Å². The van der Waals surface area contributed by atoms with E-state index in [-0.39, 0.29) is 0 Å². The lowest BCUT2D eigenvalue weighted by atomic mass is 10.2. The fraction of sp³-hybridized carbons (Fsp3) is 0.0800. The van der Waals surface area contributed by atoms with Gasteiger partial charge >= 0.3 is 0 Å². The number of hydrogen-bond acceptors (Lipinski definition) is 5. The maximum atomic E-state index is 11.3. The van der Waals surface area contributed by atoms with Crippen molar-refractivity contribution in [2.75, 3.05) is 0 Å². The fourth-order valence-electron chi connectivity index (χ4n) is 3.52. The molecule has 5 rings (SSSR count). The average Bonchev–Trinajstić information content (AvgIpc) is 3.12. The molecular weight excluding hydrogens is 390 g/mol. The van der Waals surface area contributed by atoms with E-state index in [9.17, 15) is 4.79 Å². The molecule has 6 nitrogen and oxygen atoms in total. The van der Waals surface area contributed by atoms with Crippen LogP contribution in [0.25, 0.3) is 16.6 Å². The molecule has 0 atom stereocenters. The van der Waals surface area contributed by atoms with Crippen molar-refractivity contribution in [3.8, 4) is 17.2 Å². The van der Waals surface area contributed by atoms with Crippen molar-refractivity contribution in [2.45, 2.75) is 13.5 Å². The molecule has 3 aromatic heterocycles. The molecule has 0 unspecified atom stereocenters. The number of hydrogen-bond donors (Lipinski definition) is 0. The minimum atomic E-state index is 0.495. The van der Waals surface area contributed by atoms with Crippen LogP contribution < -0.4 is 9.47 Å². The molecule has 3 heterocycles. The van der Waals surface area contributed by atoms with Crippen LogP contribution in [0.4, 0.5) is 0 Å². The Labute approximate surface area is 178 Å². The number of aldehydes is 1. The minimum absolute atomic E-state index is 0.495. The second-order valence-electron chi connectivity index (χ2n) is 7.16. The van der Waals surface area contributed by atoms with Gasteiger partial charge < -0.3 is 9.47 Å². The standard InChI is InChI=1S/C25H19N3O3/c1-17-23(15-29)28-12-10-20(14-25(28)27-17)31-24-9-11-26-22-13-19(7-8-21(22)24)30-16-18-5-3-2-4-6-18/h2-15H,16H2,1H3. The van der Waals surface area contributed by atoms with Crippen LogP contribution in [-0.4, -0.2) is 20.7 Å². The highest BCUT2D eigenvalue weighted by molar-refractivity contribution is 5.86. The van der Waals surface area contributed by atoms with Gasteiger partial charge in [-0.1, -0.05) is 30.3 Å². The van der Waals surface area contributed by atoms with Gasteiger partial charge in [0.25, 0.3) is 0 Å². The second-order valence-corrected chi connectivity index (χ2v) is 7.16. The van der Waals surface area contributed by atoms with E-state index in [0.29, 0.717) is 35.1 Å². The first-order valence-corrected chi connectivity index (χ1v) is 9.88. The van der Waals surface area contributed by atoms with Crippen LogP contribution in [0.2, 0.25) is 0 Å². The third-order valence-electron chi connectivity index (χ3n) is 5.08. The van der Waals surface area contributed by atoms with Crippen molar-refractivity contribution < 1.29 is 14.3 Å². The first-order chi connectivity index (χ1) is 15.2. The predicted molar refractivity (Wildman–Crippen MR) is 118 cm³/mol. The predicted octanol–water partition coefficient (Wildman–Crippen LogP) is 5.37. The third-order valence-corrected chi connectivity index (χ3v) is 5.08. The molecule has 0 aliphatic rings. The summed E-state index contributed by atoms with van der Waals surface area (Å²) in [4.78, 5) is 20.2. The minimum Gasteiger partial charge on any atom is -0.489 e. The summed E-state index contributed by atoms with van der Waals surface area (Å²) in [5.41, 5.74) is 3.77. The number of ether oxygens (including phenoxy) is 2. The summed E-state index contributed by atoms with van der Waals surface area (Å²) >= 11 is 0. The van der Waals surface area contributed by atoms with Crippen LogP contribution in [0.3, 0.4) is 0 Å². The number of imidazole rings is 1. The number of benzene rings is 2. The molecule has 0 aliphatic heterocycles. The van der Waals surface area contributed by atoms with Crippen molar-refractivity contribution in [3.63, 3.8) is 0 Å². The van der Waals surface area contributed by atoms with Crippen LogP contribution in [0.5, 0.6) is 17.2 Å². The Morgan fingerprint density at radius 2 is 1.87 bits per heavy atom. The van der Waals surface area contributed by atoms with Crippen molar-refractivity contribution in [3.05, 3.63) is 96.1 Å². The largest absolute Gasteiger partial charge is 0.489 e. The Bertz CT molecular complexity index is 1390. The van der Waals surface area contributed by atoms with Crippen LogP contribution in [0.15, 0.2) is 79.1 Å². The molecule has 0 aliphatic carbocycles. The number of aromatic nitrogens is 3. The van der Waals surface area contributed by atoms with Gasteiger partial charge in [-0.25, -0.2) is 4.98 Å². The molecule has 31 heavy (non-hydrogen) atoms. The van der Waals surface area contributed by atoms with Crippen LogP contribution in [0.1, 0.15) is 21.7 Å². The Morgan fingerprint density at radius 1 is 1.00 bits per heavy atom. The Hall–Kier alpha value is -4.19. The van der Waals surface area contributed by atoms with Crippen molar-refractivity contribution in [1.82, 2.24) is 14.4 Å². The topological polar surface area (TPSA) is 65.7 Å². The SMILES string of the molecule is Cc1nc2cc(Oc3ccnc4cc(OCc5ccccc5)ccc34)ccn2c1C=O. The van der Waals surface area contributed by atoms with E-state index in [1.54, 1.807) is 16.8 Å². The molecule has 0 bridgehead atoms. The summed E-state index contributed by atoms with van der Waals surface area (Å²) in [6.07, 6.45) is 4.30. The number of carbonyl (C=O) groups excluding carboxylic acids is 1. The van der Waals surface area contributed by atoms with Gasteiger partial charge in [-0.15, -0.1) is 0 Å². The second kappa shape index (κ2) is 7.91. The number of carbonyl (C=O) groups is 1. The number of aryl methyl sites for hydroxylation is 1. The zero-order chi connectivity index (χ0) is 21.2. The molecule has 2 aromatic carbocycles. The van der Waals surface area contributed by atoms with E-state index >= 15 is 0 Å². The van der Waals surface area contributed by atoms with Crippen LogP contribution in [0, 0.1) is 6.92 Å². The van der Waals surface area contributed by atoms with E-state index < -0.39 is 0 Å². The molecule has 0 radical (unpaired) electrons. The monoisotopic (exact) mass is 409 g/mol. The van der Waals surface area contributed by atoms with Gasteiger partial charge in [0, 0.05) is 29.9 Å². The number of nitrogens with zero attached hydrogens (tertiary/aromatic N) is 3. The molecule has 0 saturated heterocycles. The maximum absolute atomic E-state index is 11.3. The first kappa shape index (κ1) is 18.8. The lowest BCUT2D eigenvalue weighted by Crippen LogP contribution is -1.96. The number of pyridine rings is 2. The van der Waals surface area contributed by atoms with Crippen molar-refractivity contribution in [2.24, 2.45) is 0 Å². The van der Waals surface area contributed by atoms with Crippen LogP contribution in [-0.2, 0) is 6.61 Å². The van der Waals surface area contributed by atoms with Gasteiger partial charge in [-0.05, 0) is 36.8 Å². The summed E-state index contributed by atoms with van der Waals surface area (Å²) in [6, 6.07) is 21.2. The molecule has 0 spiro atoms. The highest BCUT2D eigenvalue weighted by Crippen LogP contribution is 2.31. The summed E-state index contributed by atoms with van der Waals surface area (Å²) < 4.78 is 13.8. The summed E-state index contributed by atoms with van der Waals surface area (Å²) in [6.45, 7) is 2.31. The summed E-state index contributed by atoms with van der Waals surface area (Å²) in [5, 5.41) is 0.877. The Morgan fingerprint density at radius 3 is 2.71 bits per heavy atom. The normalized spacial score (nSPS) is 11.0. The van der Waals surface area contributed by atoms with Crippen molar-refractivity contribution in [1.29, 1.82) is 0 Å². The van der Waals surface area contributed by atoms with Gasteiger partial charge in [0.05, 0.1) is 11.2 Å². The molecule has 0 amide bonds. The van der Waals surface area contributed by atoms with Gasteiger partial charge in [0.1, 0.15) is 35.2 Å². The van der Waals surface area contributed by atoms with E-state index in [4.69, 9.17) is 9.47 Å². The van der Waals surface area contributed by atoms with Crippen molar-refractivity contribution >= 4 is 22.8 Å². The van der Waals surface area contributed by atoms with Gasteiger partial charge in [0.15, 0.2) is 6.29 Å². The lowest BCUT2D eigenvalue weighted by molar-refractivity contribution is 0.111. The lowest BCUT2D eigenvalue weighted by Gasteiger charge is -2.11. The zero-order valence-electron chi connectivity index (χ0n) is 16.9. The van der Waals surface area contributed by atoms with Gasteiger partial charge in [0.2, 0.25) is 0 Å². The van der Waals surface area contributed by atoms with E-state index in [0.717, 1.165) is 28.5 Å². The zero-order valence-corrected chi connectivity index (χ0v) is 16.9. The summed E-state index contributed by atoms with van der Waals surface area (Å²) in [5.74, 6) is 2.06. The quantitative estimate of drug-likeness (QED) is 0.353. The molecule has 5 aromatic rings. The van der Waals surface area contributed by atoms with Gasteiger partial charge in [-0.3, -0.25) is 14.2 Å². The average molecular weight is 409 g/mol. The highest BCUT2D eigenvalue weighted by atomic mass is 16.5. The first-order valence-electron chi connectivity index (χ1n) is 9.88. The van der Waals surface area contributed by atoms with Crippen LogP contribution >= 0.6 is 0 Å². The maximum Gasteiger partial charge on any atom is 0.168 e. The number of fused-ring (bicyclic) bond motifs is 2. The molecule has 0 saturated carbocycles. The highest BCUT2D eigenvalue weighted by Gasteiger charge is 2.11. The molecule has 6 heteroatoms. The summed E-state index contributed by atoms with van der Waals surface area (Å²) in [7, 11) is 0. The van der Waals surface area contributed by atoms with Gasteiger partial charge in [-0.2, -0.15) is 0 Å². The molecule has 0 fully saturated rings.